The summed E-state index contributed by atoms with van der Waals surface area (Å²) in [4.78, 5) is 0. The third-order valence-electron chi connectivity index (χ3n) is 1.72. The van der Waals surface area contributed by atoms with E-state index in [0.29, 0.717) is 16.8 Å². The molecule has 1 heterocycles. The van der Waals surface area contributed by atoms with Crippen LogP contribution in [0.25, 0.3) is 0 Å². The molecule has 0 N–H and O–H groups in total. The molecule has 1 aromatic rings. The molecule has 0 bridgehead atoms. The highest BCUT2D eigenvalue weighted by Gasteiger charge is 2.23. The Balaban J connectivity index is 2.01. The smallest absolute Gasteiger partial charge is 0.133 e. The summed E-state index contributed by atoms with van der Waals surface area (Å²) < 4.78 is 23.6. The van der Waals surface area contributed by atoms with E-state index in [-0.39, 0.29) is 11.9 Å². The van der Waals surface area contributed by atoms with Gasteiger partial charge in [0.1, 0.15) is 24.3 Å². The highest BCUT2D eigenvalue weighted by atomic mass is 79.9. The van der Waals surface area contributed by atoms with Crippen molar-refractivity contribution in [1.82, 2.24) is 0 Å². The molecule has 1 saturated heterocycles. The van der Waals surface area contributed by atoms with Gasteiger partial charge in [-0.1, -0.05) is 0 Å². The van der Waals surface area contributed by atoms with E-state index in [4.69, 9.17) is 9.47 Å². The van der Waals surface area contributed by atoms with Crippen molar-refractivity contribution in [2.75, 3.05) is 13.2 Å². The van der Waals surface area contributed by atoms with E-state index in [0.717, 1.165) is 6.61 Å². The monoisotopic (exact) mass is 246 g/mol. The van der Waals surface area contributed by atoms with Crippen molar-refractivity contribution in [3.05, 3.63) is 28.5 Å². The summed E-state index contributed by atoms with van der Waals surface area (Å²) in [5, 5.41) is 0. The molecule has 1 atom stereocenters. The summed E-state index contributed by atoms with van der Waals surface area (Å²) in [5.41, 5.74) is 0. The molecule has 1 aliphatic heterocycles. The number of epoxide rings is 1. The maximum absolute atomic E-state index is 12.6. The highest BCUT2D eigenvalue weighted by Crippen LogP contribution is 2.26. The Hall–Kier alpha value is -0.610. The molecule has 2 rings (SSSR count). The van der Waals surface area contributed by atoms with Crippen molar-refractivity contribution in [2.24, 2.45) is 0 Å². The average Bonchev–Trinajstić information content (AvgIpc) is 2.86. The topological polar surface area (TPSA) is 21.8 Å². The molecule has 0 aliphatic carbocycles. The summed E-state index contributed by atoms with van der Waals surface area (Å²) in [7, 11) is 0. The van der Waals surface area contributed by atoms with Crippen LogP contribution in [0.4, 0.5) is 4.39 Å². The lowest BCUT2D eigenvalue weighted by molar-refractivity contribution is 0.261. The fourth-order valence-corrected chi connectivity index (χ4v) is 1.40. The van der Waals surface area contributed by atoms with E-state index >= 15 is 0 Å². The molecular weight excluding hydrogens is 239 g/mol. The van der Waals surface area contributed by atoms with Crippen molar-refractivity contribution in [2.45, 2.75) is 6.10 Å². The second-order valence-corrected chi connectivity index (χ2v) is 3.70. The minimum absolute atomic E-state index is 0.219. The predicted octanol–water partition coefficient (Wildman–Crippen LogP) is 2.37. The van der Waals surface area contributed by atoms with Gasteiger partial charge >= 0.3 is 0 Å². The van der Waals surface area contributed by atoms with Crippen LogP contribution in [0.5, 0.6) is 5.75 Å². The molecule has 0 aromatic heterocycles. The molecular formula is C9H8BrFO2. The zero-order chi connectivity index (χ0) is 9.26. The lowest BCUT2D eigenvalue weighted by Gasteiger charge is -2.05. The minimum Gasteiger partial charge on any atom is -0.490 e. The van der Waals surface area contributed by atoms with Gasteiger partial charge in [-0.2, -0.15) is 0 Å². The summed E-state index contributed by atoms with van der Waals surface area (Å²) in [6.07, 6.45) is 0.219. The standard InChI is InChI=1S/C9H8BrFO2/c10-8-3-6(11)1-2-9(8)13-5-7-4-12-7/h1-3,7H,4-5H2. The van der Waals surface area contributed by atoms with E-state index in [1.165, 1.54) is 12.1 Å². The van der Waals surface area contributed by atoms with Gasteiger partial charge in [0.15, 0.2) is 0 Å². The number of ether oxygens (including phenoxy) is 2. The Morgan fingerprint density at radius 3 is 3.00 bits per heavy atom. The Kier molecular flexibility index (Phi) is 2.51. The van der Waals surface area contributed by atoms with Gasteiger partial charge in [0.2, 0.25) is 0 Å². The maximum Gasteiger partial charge on any atom is 0.133 e. The molecule has 0 saturated carbocycles. The Morgan fingerprint density at radius 2 is 2.38 bits per heavy atom. The van der Waals surface area contributed by atoms with Crippen LogP contribution in [-0.2, 0) is 4.74 Å². The number of rotatable bonds is 3. The molecule has 2 nitrogen and oxygen atoms in total. The second kappa shape index (κ2) is 3.64. The lowest BCUT2D eigenvalue weighted by Crippen LogP contribution is -2.04. The van der Waals surface area contributed by atoms with E-state index in [1.54, 1.807) is 6.07 Å². The zero-order valence-electron chi connectivity index (χ0n) is 6.80. The number of benzene rings is 1. The molecule has 0 amide bonds. The third kappa shape index (κ3) is 2.42. The predicted molar refractivity (Wildman–Crippen MR) is 49.3 cm³/mol. The molecule has 1 aromatic carbocycles. The van der Waals surface area contributed by atoms with Crippen LogP contribution in [0.3, 0.4) is 0 Å². The summed E-state index contributed by atoms with van der Waals surface area (Å²) >= 11 is 3.21. The quantitative estimate of drug-likeness (QED) is 0.765. The molecule has 0 radical (unpaired) electrons. The third-order valence-corrected chi connectivity index (χ3v) is 2.34. The van der Waals surface area contributed by atoms with Gasteiger partial charge in [0, 0.05) is 0 Å². The lowest BCUT2D eigenvalue weighted by atomic mass is 10.3. The van der Waals surface area contributed by atoms with Gasteiger partial charge in [-0.15, -0.1) is 0 Å². The number of hydrogen-bond donors (Lipinski definition) is 0. The number of halogens is 2. The van der Waals surface area contributed by atoms with Crippen LogP contribution in [0.1, 0.15) is 0 Å². The first-order valence-electron chi connectivity index (χ1n) is 3.95. The van der Waals surface area contributed by atoms with Gasteiger partial charge in [-0.25, -0.2) is 4.39 Å². The summed E-state index contributed by atoms with van der Waals surface area (Å²) in [6, 6.07) is 4.35. The molecule has 13 heavy (non-hydrogen) atoms. The van der Waals surface area contributed by atoms with E-state index in [1.807, 2.05) is 0 Å². The largest absolute Gasteiger partial charge is 0.490 e. The number of hydrogen-bond acceptors (Lipinski definition) is 2. The molecule has 4 heteroatoms. The molecule has 0 spiro atoms. The Bertz CT molecular complexity index is 312. The zero-order valence-corrected chi connectivity index (χ0v) is 8.38. The van der Waals surface area contributed by atoms with Crippen LogP contribution < -0.4 is 4.74 Å². The van der Waals surface area contributed by atoms with Crippen LogP contribution >= 0.6 is 15.9 Å². The van der Waals surface area contributed by atoms with Gasteiger partial charge in [-0.05, 0) is 34.1 Å². The molecule has 1 fully saturated rings. The second-order valence-electron chi connectivity index (χ2n) is 2.84. The average molecular weight is 247 g/mol. The van der Waals surface area contributed by atoms with E-state index in [2.05, 4.69) is 15.9 Å². The Labute approximate surface area is 83.8 Å². The summed E-state index contributed by atoms with van der Waals surface area (Å²) in [5.74, 6) is 0.374. The molecule has 70 valence electrons. The van der Waals surface area contributed by atoms with E-state index < -0.39 is 0 Å². The first kappa shape index (κ1) is 8.97. The van der Waals surface area contributed by atoms with Crippen LogP contribution in [-0.4, -0.2) is 19.3 Å². The van der Waals surface area contributed by atoms with Crippen LogP contribution in [0.15, 0.2) is 22.7 Å². The van der Waals surface area contributed by atoms with Crippen molar-refractivity contribution in [3.63, 3.8) is 0 Å². The SMILES string of the molecule is Fc1ccc(OCC2CO2)c(Br)c1. The van der Waals surface area contributed by atoms with Crippen molar-refractivity contribution in [1.29, 1.82) is 0 Å². The van der Waals surface area contributed by atoms with Gasteiger partial charge in [-0.3, -0.25) is 0 Å². The van der Waals surface area contributed by atoms with E-state index in [9.17, 15) is 4.39 Å². The normalized spacial score (nSPS) is 20.0. The van der Waals surface area contributed by atoms with Crippen molar-refractivity contribution in [3.8, 4) is 5.75 Å². The summed E-state index contributed by atoms with van der Waals surface area (Å²) in [6.45, 7) is 1.29. The van der Waals surface area contributed by atoms with Crippen molar-refractivity contribution >= 4 is 15.9 Å². The van der Waals surface area contributed by atoms with Gasteiger partial charge in [0.25, 0.3) is 0 Å². The highest BCUT2D eigenvalue weighted by molar-refractivity contribution is 9.10. The molecule has 1 aliphatic rings. The first-order valence-corrected chi connectivity index (χ1v) is 4.74. The van der Waals surface area contributed by atoms with Gasteiger partial charge in [0.05, 0.1) is 11.1 Å². The first-order chi connectivity index (χ1) is 6.25. The Morgan fingerprint density at radius 1 is 1.62 bits per heavy atom. The fraction of sp³-hybridized carbons (Fsp3) is 0.333. The van der Waals surface area contributed by atoms with Crippen molar-refractivity contribution < 1.29 is 13.9 Å². The van der Waals surface area contributed by atoms with Crippen LogP contribution in [0.2, 0.25) is 0 Å². The minimum atomic E-state index is -0.276. The maximum atomic E-state index is 12.6. The molecule has 1 unspecified atom stereocenters. The van der Waals surface area contributed by atoms with Gasteiger partial charge < -0.3 is 9.47 Å². The fourth-order valence-electron chi connectivity index (χ4n) is 0.939. The van der Waals surface area contributed by atoms with Crippen LogP contribution in [0, 0.1) is 5.82 Å².